The van der Waals surface area contributed by atoms with Crippen molar-refractivity contribution in [3.05, 3.63) is 54.9 Å². The van der Waals surface area contributed by atoms with E-state index in [2.05, 4.69) is 58.3 Å². The Kier molecular flexibility index (Phi) is 8.29. The van der Waals surface area contributed by atoms with Crippen LogP contribution in [0.25, 0.3) is 22.2 Å². The van der Waals surface area contributed by atoms with E-state index in [-0.39, 0.29) is 5.91 Å². The molecule has 0 radical (unpaired) electrons. The first-order valence-electron chi connectivity index (χ1n) is 11.1. The third-order valence-corrected chi connectivity index (χ3v) is 5.37. The molecule has 2 aromatic heterocycles. The van der Waals surface area contributed by atoms with Crippen LogP contribution in [-0.2, 0) is 11.3 Å². The van der Waals surface area contributed by atoms with Gasteiger partial charge in [-0.15, -0.1) is 0 Å². The van der Waals surface area contributed by atoms with Crippen LogP contribution >= 0.6 is 0 Å². The number of benzene rings is 1. The number of nitrogens with one attached hydrogen (secondary N) is 1. The van der Waals surface area contributed by atoms with Gasteiger partial charge in [-0.25, -0.2) is 4.98 Å². The van der Waals surface area contributed by atoms with Gasteiger partial charge >= 0.3 is 0 Å². The van der Waals surface area contributed by atoms with Gasteiger partial charge in [-0.3, -0.25) is 4.79 Å². The summed E-state index contributed by atoms with van der Waals surface area (Å²) in [4.78, 5) is 16.5. The average molecular weight is 392 g/mol. The standard InChI is InChI=1S/C25H33N3O/c1-2-3-4-10-17-26-24(29)16-9-6-11-19-28-20-23(21-13-7-5-8-14-21)22-15-12-18-27-25(22)28/h5,7-8,12-15,18,20H,2-4,6,9-11,16-17,19H2,1H3,(H,26,29). The van der Waals surface area contributed by atoms with Gasteiger partial charge in [-0.2, -0.15) is 0 Å². The van der Waals surface area contributed by atoms with Crippen LogP contribution in [0.3, 0.4) is 0 Å². The fourth-order valence-corrected chi connectivity index (χ4v) is 3.75. The Labute approximate surface area is 174 Å². The topological polar surface area (TPSA) is 46.9 Å². The molecule has 0 saturated carbocycles. The predicted octanol–water partition coefficient (Wildman–Crippen LogP) is 5.96. The number of unbranched alkanes of at least 4 members (excludes halogenated alkanes) is 5. The van der Waals surface area contributed by atoms with Crippen molar-refractivity contribution >= 4 is 16.9 Å². The molecule has 0 aliphatic heterocycles. The smallest absolute Gasteiger partial charge is 0.219 e. The molecule has 0 bridgehead atoms. The van der Waals surface area contributed by atoms with E-state index in [1.54, 1.807) is 0 Å². The summed E-state index contributed by atoms with van der Waals surface area (Å²) in [6, 6.07) is 14.6. The number of aryl methyl sites for hydroxylation is 1. The van der Waals surface area contributed by atoms with Gasteiger partial charge in [0.25, 0.3) is 0 Å². The number of carbonyl (C=O) groups is 1. The van der Waals surface area contributed by atoms with Crippen molar-refractivity contribution in [1.29, 1.82) is 0 Å². The minimum absolute atomic E-state index is 0.195. The number of fused-ring (bicyclic) bond motifs is 1. The summed E-state index contributed by atoms with van der Waals surface area (Å²) in [6.45, 7) is 3.95. The van der Waals surface area contributed by atoms with E-state index in [0.29, 0.717) is 6.42 Å². The Morgan fingerprint density at radius 3 is 2.62 bits per heavy atom. The van der Waals surface area contributed by atoms with Crippen LogP contribution in [0, 0.1) is 0 Å². The van der Waals surface area contributed by atoms with Crippen LogP contribution in [-0.4, -0.2) is 22.0 Å². The number of amides is 1. The number of hydrogen-bond donors (Lipinski definition) is 1. The summed E-state index contributed by atoms with van der Waals surface area (Å²) < 4.78 is 2.26. The molecule has 0 aliphatic carbocycles. The van der Waals surface area contributed by atoms with Crippen molar-refractivity contribution in [2.75, 3.05) is 6.54 Å². The summed E-state index contributed by atoms with van der Waals surface area (Å²) >= 11 is 0. The highest BCUT2D eigenvalue weighted by Gasteiger charge is 2.10. The summed E-state index contributed by atoms with van der Waals surface area (Å²) in [5, 5.41) is 4.24. The highest BCUT2D eigenvalue weighted by Crippen LogP contribution is 2.29. The predicted molar refractivity (Wildman–Crippen MR) is 121 cm³/mol. The fourth-order valence-electron chi connectivity index (χ4n) is 3.75. The van der Waals surface area contributed by atoms with Crippen molar-refractivity contribution in [3.63, 3.8) is 0 Å². The molecular formula is C25H33N3O. The molecule has 0 fully saturated rings. The number of rotatable bonds is 12. The number of pyridine rings is 1. The van der Waals surface area contributed by atoms with Gasteiger partial charge in [0.15, 0.2) is 0 Å². The van der Waals surface area contributed by atoms with E-state index < -0.39 is 0 Å². The largest absolute Gasteiger partial charge is 0.356 e. The van der Waals surface area contributed by atoms with Crippen LogP contribution in [0.2, 0.25) is 0 Å². The van der Waals surface area contributed by atoms with Crippen LogP contribution in [0.4, 0.5) is 0 Å². The van der Waals surface area contributed by atoms with Crippen LogP contribution in [0.5, 0.6) is 0 Å². The zero-order chi connectivity index (χ0) is 20.3. The lowest BCUT2D eigenvalue weighted by molar-refractivity contribution is -0.121. The number of hydrogen-bond acceptors (Lipinski definition) is 2. The first-order valence-corrected chi connectivity index (χ1v) is 11.1. The third-order valence-electron chi connectivity index (χ3n) is 5.37. The molecule has 0 unspecified atom stereocenters. The van der Waals surface area contributed by atoms with Gasteiger partial charge in [0.05, 0.1) is 0 Å². The highest BCUT2D eigenvalue weighted by molar-refractivity contribution is 5.94. The Bertz CT molecular complexity index is 885. The van der Waals surface area contributed by atoms with E-state index >= 15 is 0 Å². The summed E-state index contributed by atoms with van der Waals surface area (Å²) in [5.74, 6) is 0.195. The van der Waals surface area contributed by atoms with Gasteiger partial charge in [0.2, 0.25) is 5.91 Å². The molecule has 0 atom stereocenters. The van der Waals surface area contributed by atoms with E-state index in [1.807, 2.05) is 18.3 Å². The summed E-state index contributed by atoms with van der Waals surface area (Å²) in [6.07, 6.45) is 12.5. The summed E-state index contributed by atoms with van der Waals surface area (Å²) in [5.41, 5.74) is 3.49. The molecule has 29 heavy (non-hydrogen) atoms. The molecule has 0 saturated heterocycles. The Morgan fingerprint density at radius 2 is 1.79 bits per heavy atom. The second-order valence-corrected chi connectivity index (χ2v) is 7.70. The Balaban J connectivity index is 1.46. The molecule has 1 amide bonds. The van der Waals surface area contributed by atoms with Crippen molar-refractivity contribution in [3.8, 4) is 11.1 Å². The normalized spacial score (nSPS) is 11.1. The molecular weight excluding hydrogens is 358 g/mol. The molecule has 0 spiro atoms. The fraction of sp³-hybridized carbons (Fsp3) is 0.440. The lowest BCUT2D eigenvalue weighted by Gasteiger charge is -2.06. The van der Waals surface area contributed by atoms with Crippen molar-refractivity contribution < 1.29 is 4.79 Å². The van der Waals surface area contributed by atoms with Gasteiger partial charge in [0, 0.05) is 42.9 Å². The lowest BCUT2D eigenvalue weighted by atomic mass is 10.1. The number of nitrogens with zero attached hydrogens (tertiary/aromatic N) is 2. The van der Waals surface area contributed by atoms with Gasteiger partial charge in [-0.05, 0) is 37.0 Å². The molecule has 3 aromatic rings. The Morgan fingerprint density at radius 1 is 0.966 bits per heavy atom. The quantitative estimate of drug-likeness (QED) is 0.387. The molecule has 154 valence electrons. The summed E-state index contributed by atoms with van der Waals surface area (Å²) in [7, 11) is 0. The molecule has 1 N–H and O–H groups in total. The SMILES string of the molecule is CCCCCCNC(=O)CCCCCn1cc(-c2ccccc2)c2cccnc21. The molecule has 4 heteroatoms. The number of aromatic nitrogens is 2. The van der Waals surface area contributed by atoms with Crippen molar-refractivity contribution in [1.82, 2.24) is 14.9 Å². The van der Waals surface area contributed by atoms with Crippen molar-refractivity contribution in [2.24, 2.45) is 0 Å². The van der Waals surface area contributed by atoms with E-state index in [1.165, 1.54) is 35.8 Å². The second kappa shape index (κ2) is 11.4. The maximum absolute atomic E-state index is 11.9. The minimum Gasteiger partial charge on any atom is -0.356 e. The highest BCUT2D eigenvalue weighted by atomic mass is 16.1. The minimum atomic E-state index is 0.195. The monoisotopic (exact) mass is 391 g/mol. The zero-order valence-electron chi connectivity index (χ0n) is 17.6. The van der Waals surface area contributed by atoms with Crippen LogP contribution in [0.15, 0.2) is 54.9 Å². The molecule has 3 rings (SSSR count). The average Bonchev–Trinajstić information content (AvgIpc) is 3.13. The number of carbonyl (C=O) groups excluding carboxylic acids is 1. The van der Waals surface area contributed by atoms with E-state index in [4.69, 9.17) is 0 Å². The first-order chi connectivity index (χ1) is 14.3. The van der Waals surface area contributed by atoms with Gasteiger partial charge < -0.3 is 9.88 Å². The molecule has 4 nitrogen and oxygen atoms in total. The van der Waals surface area contributed by atoms with E-state index in [0.717, 1.165) is 44.4 Å². The van der Waals surface area contributed by atoms with Gasteiger partial charge in [-0.1, -0.05) is 62.9 Å². The van der Waals surface area contributed by atoms with Crippen molar-refractivity contribution in [2.45, 2.75) is 64.8 Å². The second-order valence-electron chi connectivity index (χ2n) is 7.70. The van der Waals surface area contributed by atoms with Crippen LogP contribution in [0.1, 0.15) is 58.3 Å². The maximum Gasteiger partial charge on any atom is 0.219 e. The zero-order valence-corrected chi connectivity index (χ0v) is 17.6. The lowest BCUT2D eigenvalue weighted by Crippen LogP contribution is -2.23. The molecule has 2 heterocycles. The third kappa shape index (κ3) is 6.18. The molecule has 1 aromatic carbocycles. The van der Waals surface area contributed by atoms with Gasteiger partial charge in [0.1, 0.15) is 5.65 Å². The van der Waals surface area contributed by atoms with Crippen LogP contribution < -0.4 is 5.32 Å². The molecule has 0 aliphatic rings. The van der Waals surface area contributed by atoms with E-state index in [9.17, 15) is 4.79 Å². The Hall–Kier alpha value is -2.62. The maximum atomic E-state index is 11.9. The first kappa shape index (κ1) is 21.1.